The maximum absolute atomic E-state index is 13.0. The number of hydrogen-bond acceptors (Lipinski definition) is 4. The van der Waals surface area contributed by atoms with E-state index in [4.69, 9.17) is 0 Å². The lowest BCUT2D eigenvalue weighted by Crippen LogP contribution is -2.33. The number of nitrogens with zero attached hydrogens (tertiary/aromatic N) is 4. The fourth-order valence-electron chi connectivity index (χ4n) is 3.68. The molecule has 7 nitrogen and oxygen atoms in total. The van der Waals surface area contributed by atoms with Gasteiger partial charge in [-0.05, 0) is 24.5 Å². The Morgan fingerprint density at radius 3 is 2.50 bits per heavy atom. The van der Waals surface area contributed by atoms with Crippen LogP contribution in [0.2, 0.25) is 0 Å². The van der Waals surface area contributed by atoms with E-state index in [2.05, 4.69) is 10.1 Å². The number of carboxylic acid groups (broad SMARTS) is 1. The van der Waals surface area contributed by atoms with Gasteiger partial charge in [-0.15, -0.1) is 0 Å². The van der Waals surface area contributed by atoms with E-state index in [1.807, 2.05) is 37.3 Å². The smallest absolute Gasteiger partial charge is 0.327 e. The van der Waals surface area contributed by atoms with Crippen LogP contribution >= 0.6 is 0 Å². The van der Waals surface area contributed by atoms with Gasteiger partial charge in [0, 0.05) is 18.0 Å². The number of aromatic nitrogens is 4. The van der Waals surface area contributed by atoms with Gasteiger partial charge in [-0.2, -0.15) is 5.10 Å². The molecule has 142 valence electrons. The molecule has 0 bridgehead atoms. The summed E-state index contributed by atoms with van der Waals surface area (Å²) >= 11 is 0. The highest BCUT2D eigenvalue weighted by atomic mass is 16.4. The van der Waals surface area contributed by atoms with Gasteiger partial charge in [0.25, 0.3) is 5.56 Å². The van der Waals surface area contributed by atoms with Gasteiger partial charge in [0.1, 0.15) is 6.04 Å². The van der Waals surface area contributed by atoms with Crippen LogP contribution in [-0.2, 0) is 4.79 Å². The fourth-order valence-corrected chi connectivity index (χ4v) is 3.68. The van der Waals surface area contributed by atoms with Crippen molar-refractivity contribution in [3.05, 3.63) is 64.8 Å². The van der Waals surface area contributed by atoms with E-state index in [0.29, 0.717) is 16.6 Å². The first-order valence-electron chi connectivity index (χ1n) is 9.07. The molecule has 1 N–H and O–H groups in total. The quantitative estimate of drug-likeness (QED) is 0.590. The molecule has 1 atom stereocenters. The molecule has 28 heavy (non-hydrogen) atoms. The van der Waals surface area contributed by atoms with Crippen molar-refractivity contribution in [1.29, 1.82) is 0 Å². The Morgan fingerprint density at radius 1 is 1.14 bits per heavy atom. The third-order valence-electron chi connectivity index (χ3n) is 4.96. The van der Waals surface area contributed by atoms with Crippen molar-refractivity contribution in [2.24, 2.45) is 5.92 Å². The van der Waals surface area contributed by atoms with Crippen LogP contribution < -0.4 is 5.56 Å². The molecular weight excluding hydrogens is 356 g/mol. The maximum Gasteiger partial charge on any atom is 0.327 e. The number of pyridine rings is 1. The largest absolute Gasteiger partial charge is 0.480 e. The van der Waals surface area contributed by atoms with E-state index in [-0.39, 0.29) is 11.5 Å². The zero-order chi connectivity index (χ0) is 20.0. The highest BCUT2D eigenvalue weighted by Crippen LogP contribution is 2.28. The van der Waals surface area contributed by atoms with Gasteiger partial charge in [-0.25, -0.2) is 14.3 Å². The first-order chi connectivity index (χ1) is 13.4. The van der Waals surface area contributed by atoms with Crippen molar-refractivity contribution in [3.63, 3.8) is 0 Å². The summed E-state index contributed by atoms with van der Waals surface area (Å²) in [6, 6.07) is 10.6. The topological polar surface area (TPSA) is 89.5 Å². The van der Waals surface area contributed by atoms with Gasteiger partial charge >= 0.3 is 5.97 Å². The summed E-state index contributed by atoms with van der Waals surface area (Å²) in [5.41, 5.74) is 3.60. The predicted octanol–water partition coefficient (Wildman–Crippen LogP) is 3.30. The normalized spacial score (nSPS) is 12.7. The summed E-state index contributed by atoms with van der Waals surface area (Å²) in [7, 11) is 0. The number of aryl methyl sites for hydroxylation is 1. The summed E-state index contributed by atoms with van der Waals surface area (Å²) in [6.07, 6.45) is 3.04. The Bertz CT molecular complexity index is 1260. The van der Waals surface area contributed by atoms with Crippen molar-refractivity contribution in [2.75, 3.05) is 0 Å². The van der Waals surface area contributed by atoms with Crippen molar-refractivity contribution >= 4 is 22.5 Å². The van der Waals surface area contributed by atoms with Crippen LogP contribution in [0.3, 0.4) is 0 Å². The van der Waals surface area contributed by atoms with Crippen molar-refractivity contribution < 1.29 is 9.90 Å². The van der Waals surface area contributed by atoms with Crippen LogP contribution in [0.25, 0.3) is 27.7 Å². The second-order valence-electron chi connectivity index (χ2n) is 7.17. The molecule has 1 aromatic carbocycles. The van der Waals surface area contributed by atoms with Crippen molar-refractivity contribution in [1.82, 2.24) is 19.2 Å². The standard InChI is InChI=1S/C21H20N4O3/c1-12(2)18(21(27)28)24-10-9-16-15(20(24)26)11-22-19-17(13(3)23-25(16)19)14-7-5-4-6-8-14/h4-12,18H,1-3H3,(H,27,28)/t18-/m0/s1. The number of rotatable bonds is 4. The van der Waals surface area contributed by atoms with Gasteiger partial charge in [-0.1, -0.05) is 44.2 Å². The maximum atomic E-state index is 13.0. The highest BCUT2D eigenvalue weighted by Gasteiger charge is 2.25. The summed E-state index contributed by atoms with van der Waals surface area (Å²) in [6.45, 7) is 5.46. The average Bonchev–Trinajstić information content (AvgIpc) is 3.00. The van der Waals surface area contributed by atoms with Gasteiger partial charge in [-0.3, -0.25) is 4.79 Å². The third-order valence-corrected chi connectivity index (χ3v) is 4.96. The Kier molecular flexibility index (Phi) is 4.22. The minimum atomic E-state index is -1.04. The number of carbonyl (C=O) groups is 1. The zero-order valence-electron chi connectivity index (χ0n) is 15.8. The molecule has 3 heterocycles. The lowest BCUT2D eigenvalue weighted by Gasteiger charge is -2.19. The average molecular weight is 376 g/mol. The SMILES string of the molecule is Cc1nn2c(ncc3c(=O)n([C@H](C(=O)O)C(C)C)ccc32)c1-c1ccccc1. The monoisotopic (exact) mass is 376 g/mol. The van der Waals surface area contributed by atoms with Gasteiger partial charge in [0.2, 0.25) is 0 Å². The number of carboxylic acids is 1. The molecule has 0 unspecified atom stereocenters. The lowest BCUT2D eigenvalue weighted by molar-refractivity contribution is -0.142. The molecule has 0 saturated heterocycles. The predicted molar refractivity (Wildman–Crippen MR) is 106 cm³/mol. The Morgan fingerprint density at radius 2 is 1.86 bits per heavy atom. The molecule has 3 aromatic heterocycles. The minimum absolute atomic E-state index is 0.235. The second kappa shape index (κ2) is 6.60. The lowest BCUT2D eigenvalue weighted by atomic mass is 10.0. The Hall–Kier alpha value is -3.48. The van der Waals surface area contributed by atoms with Gasteiger partial charge in [0.15, 0.2) is 5.65 Å². The molecular formula is C21H20N4O3. The molecule has 0 aliphatic heterocycles. The molecule has 0 amide bonds. The highest BCUT2D eigenvalue weighted by molar-refractivity contribution is 5.86. The molecule has 0 radical (unpaired) electrons. The third kappa shape index (κ3) is 2.67. The molecule has 0 aliphatic carbocycles. The van der Waals surface area contributed by atoms with E-state index in [9.17, 15) is 14.7 Å². The number of benzene rings is 1. The number of aliphatic carboxylic acids is 1. The van der Waals surface area contributed by atoms with Gasteiger partial charge in [0.05, 0.1) is 16.6 Å². The van der Waals surface area contributed by atoms with E-state index in [1.165, 1.54) is 17.0 Å². The summed E-state index contributed by atoms with van der Waals surface area (Å²) < 4.78 is 2.92. The molecule has 4 aromatic rings. The summed E-state index contributed by atoms with van der Waals surface area (Å²) in [4.78, 5) is 29.2. The van der Waals surface area contributed by atoms with Crippen LogP contribution in [0, 0.1) is 12.8 Å². The Labute approximate surface area is 160 Å². The number of hydrogen-bond donors (Lipinski definition) is 1. The van der Waals surface area contributed by atoms with E-state index in [1.54, 1.807) is 24.4 Å². The van der Waals surface area contributed by atoms with Crippen molar-refractivity contribution in [2.45, 2.75) is 26.8 Å². The second-order valence-corrected chi connectivity index (χ2v) is 7.17. The van der Waals surface area contributed by atoms with Crippen LogP contribution in [0.5, 0.6) is 0 Å². The molecule has 7 heteroatoms. The van der Waals surface area contributed by atoms with Crippen molar-refractivity contribution in [3.8, 4) is 11.1 Å². The van der Waals surface area contributed by atoms with Crippen LogP contribution in [0.15, 0.2) is 53.6 Å². The molecule has 4 rings (SSSR count). The fraction of sp³-hybridized carbons (Fsp3) is 0.238. The minimum Gasteiger partial charge on any atom is -0.480 e. The van der Waals surface area contributed by atoms with E-state index >= 15 is 0 Å². The first kappa shape index (κ1) is 17.9. The molecule has 0 spiro atoms. The van der Waals surface area contributed by atoms with Crippen LogP contribution in [0.4, 0.5) is 0 Å². The first-order valence-corrected chi connectivity index (χ1v) is 9.07. The Balaban J connectivity index is 1.99. The summed E-state index contributed by atoms with van der Waals surface area (Å²) in [5, 5.41) is 14.5. The van der Waals surface area contributed by atoms with Crippen LogP contribution in [0.1, 0.15) is 25.6 Å². The van der Waals surface area contributed by atoms with E-state index in [0.717, 1.165) is 16.8 Å². The molecule has 0 aliphatic rings. The molecule has 0 fully saturated rings. The van der Waals surface area contributed by atoms with E-state index < -0.39 is 12.0 Å². The van der Waals surface area contributed by atoms with Crippen LogP contribution in [-0.4, -0.2) is 30.2 Å². The zero-order valence-corrected chi connectivity index (χ0v) is 15.8. The molecule has 0 saturated carbocycles. The summed E-state index contributed by atoms with van der Waals surface area (Å²) in [5.74, 6) is -1.27. The number of fused-ring (bicyclic) bond motifs is 3. The van der Waals surface area contributed by atoms with Gasteiger partial charge < -0.3 is 9.67 Å².